The SMILES string of the molecule is C=C1CC(=O)[C@@]2(C)CC[C@H]3[C@@H](CC[C@H]4CC(=O)CC[C@@]43C)[C@H]12. The first-order valence-corrected chi connectivity index (χ1v) is 9.09. The van der Waals surface area contributed by atoms with Crippen LogP contribution in [0.25, 0.3) is 0 Å². The molecule has 0 aromatic carbocycles. The molecular formula is C20H28O2. The first kappa shape index (κ1) is 14.7. The van der Waals surface area contributed by atoms with Gasteiger partial charge in [-0.2, -0.15) is 0 Å². The summed E-state index contributed by atoms with van der Waals surface area (Å²) in [6, 6.07) is 0. The summed E-state index contributed by atoms with van der Waals surface area (Å²) in [4.78, 5) is 24.4. The van der Waals surface area contributed by atoms with Crippen LogP contribution in [0.5, 0.6) is 0 Å². The van der Waals surface area contributed by atoms with Gasteiger partial charge in [0.2, 0.25) is 0 Å². The second-order valence-electron chi connectivity index (χ2n) is 8.99. The molecule has 0 saturated heterocycles. The van der Waals surface area contributed by atoms with Gasteiger partial charge in [0.05, 0.1) is 0 Å². The summed E-state index contributed by atoms with van der Waals surface area (Å²) < 4.78 is 0. The second kappa shape index (κ2) is 4.55. The van der Waals surface area contributed by atoms with Crippen molar-refractivity contribution in [1.82, 2.24) is 0 Å². The Labute approximate surface area is 133 Å². The van der Waals surface area contributed by atoms with E-state index in [9.17, 15) is 9.59 Å². The summed E-state index contributed by atoms with van der Waals surface area (Å²) in [5, 5.41) is 0. The number of ketones is 2. The smallest absolute Gasteiger partial charge is 0.143 e. The molecule has 4 fully saturated rings. The number of hydrogen-bond acceptors (Lipinski definition) is 2. The van der Waals surface area contributed by atoms with Gasteiger partial charge < -0.3 is 0 Å². The molecule has 0 bridgehead atoms. The highest BCUT2D eigenvalue weighted by Crippen LogP contribution is 2.65. The van der Waals surface area contributed by atoms with Crippen molar-refractivity contribution in [3.05, 3.63) is 12.2 Å². The summed E-state index contributed by atoms with van der Waals surface area (Å²) in [5.74, 6) is 3.24. The fourth-order valence-corrected chi connectivity index (χ4v) is 6.84. The van der Waals surface area contributed by atoms with Gasteiger partial charge in [-0.3, -0.25) is 9.59 Å². The molecule has 0 heterocycles. The van der Waals surface area contributed by atoms with Crippen LogP contribution < -0.4 is 0 Å². The van der Waals surface area contributed by atoms with Gasteiger partial charge in [0.25, 0.3) is 0 Å². The van der Waals surface area contributed by atoms with Crippen LogP contribution in [0.2, 0.25) is 0 Å². The van der Waals surface area contributed by atoms with Crippen LogP contribution in [0.4, 0.5) is 0 Å². The number of hydrogen-bond donors (Lipinski definition) is 0. The van der Waals surface area contributed by atoms with Crippen molar-refractivity contribution in [2.45, 2.75) is 65.2 Å². The molecule has 0 radical (unpaired) electrons. The third-order valence-electron chi connectivity index (χ3n) is 8.12. The van der Waals surface area contributed by atoms with Gasteiger partial charge in [0.15, 0.2) is 0 Å². The van der Waals surface area contributed by atoms with Crippen molar-refractivity contribution < 1.29 is 9.59 Å². The largest absolute Gasteiger partial charge is 0.300 e. The zero-order valence-electron chi connectivity index (χ0n) is 14.0. The predicted molar refractivity (Wildman–Crippen MR) is 86.3 cm³/mol. The standard InChI is InChI=1S/C20H28O2/c1-12-10-17(22)20(3)9-7-16-15(18(12)20)5-4-13-11-14(21)6-8-19(13,16)2/h13,15-16,18H,1,4-11H2,2-3H3/t13-,15+,16-,18-,19-,20+/m0/s1. The lowest BCUT2D eigenvalue weighted by Gasteiger charge is -2.59. The minimum Gasteiger partial charge on any atom is -0.300 e. The van der Waals surface area contributed by atoms with Crippen LogP contribution >= 0.6 is 0 Å². The molecule has 0 N–H and O–H groups in total. The molecule has 0 aromatic heterocycles. The van der Waals surface area contributed by atoms with Gasteiger partial charge in [-0.25, -0.2) is 0 Å². The molecule has 22 heavy (non-hydrogen) atoms. The Morgan fingerprint density at radius 2 is 1.86 bits per heavy atom. The maximum Gasteiger partial charge on any atom is 0.143 e. The Balaban J connectivity index is 1.69. The van der Waals surface area contributed by atoms with Crippen molar-refractivity contribution in [1.29, 1.82) is 0 Å². The van der Waals surface area contributed by atoms with Crippen molar-refractivity contribution in [3.63, 3.8) is 0 Å². The lowest BCUT2D eigenvalue weighted by molar-refractivity contribution is -0.142. The van der Waals surface area contributed by atoms with E-state index in [2.05, 4.69) is 20.4 Å². The van der Waals surface area contributed by atoms with E-state index in [1.165, 1.54) is 24.8 Å². The van der Waals surface area contributed by atoms with Crippen LogP contribution in [0.1, 0.15) is 65.2 Å². The summed E-state index contributed by atoms with van der Waals surface area (Å²) in [5.41, 5.74) is 1.40. The minimum atomic E-state index is -0.133. The van der Waals surface area contributed by atoms with Crippen molar-refractivity contribution in [2.75, 3.05) is 0 Å². The number of allylic oxidation sites excluding steroid dienone is 1. The molecule has 2 nitrogen and oxygen atoms in total. The molecule has 0 aliphatic heterocycles. The highest BCUT2D eigenvalue weighted by Gasteiger charge is 2.61. The van der Waals surface area contributed by atoms with Crippen molar-refractivity contribution >= 4 is 11.6 Å². The molecule has 0 amide bonds. The van der Waals surface area contributed by atoms with E-state index in [4.69, 9.17) is 0 Å². The molecule has 6 atom stereocenters. The van der Waals surface area contributed by atoms with Crippen LogP contribution in [0, 0.1) is 34.5 Å². The minimum absolute atomic E-state index is 0.133. The van der Waals surface area contributed by atoms with E-state index < -0.39 is 0 Å². The Morgan fingerprint density at radius 3 is 2.64 bits per heavy atom. The molecule has 120 valence electrons. The summed E-state index contributed by atoms with van der Waals surface area (Å²) >= 11 is 0. The van der Waals surface area contributed by atoms with Crippen molar-refractivity contribution in [2.24, 2.45) is 34.5 Å². The van der Waals surface area contributed by atoms with Gasteiger partial charge in [-0.1, -0.05) is 26.0 Å². The Kier molecular flexibility index (Phi) is 3.03. The van der Waals surface area contributed by atoms with Crippen LogP contribution in [-0.4, -0.2) is 11.6 Å². The van der Waals surface area contributed by atoms with E-state index in [0.29, 0.717) is 47.1 Å². The zero-order chi connectivity index (χ0) is 15.7. The number of fused-ring (bicyclic) bond motifs is 5. The van der Waals surface area contributed by atoms with Gasteiger partial charge in [-0.05, 0) is 61.2 Å². The normalized spacial score (nSPS) is 51.3. The quantitative estimate of drug-likeness (QED) is 0.624. The molecule has 0 unspecified atom stereocenters. The highest BCUT2D eigenvalue weighted by atomic mass is 16.1. The average Bonchev–Trinajstić information content (AvgIpc) is 2.70. The van der Waals surface area contributed by atoms with Crippen LogP contribution in [0.15, 0.2) is 12.2 Å². The van der Waals surface area contributed by atoms with Crippen molar-refractivity contribution in [3.8, 4) is 0 Å². The molecule has 4 aliphatic rings. The van der Waals surface area contributed by atoms with E-state index in [1.54, 1.807) is 0 Å². The number of Topliss-reactive ketones (excluding diaryl/α,β-unsaturated/α-hetero) is 2. The Morgan fingerprint density at radius 1 is 1.09 bits per heavy atom. The predicted octanol–water partition coefficient (Wildman–Crippen LogP) is 4.33. The number of carbonyl (C=O) groups excluding carboxylic acids is 2. The Bertz CT molecular complexity index is 562. The van der Waals surface area contributed by atoms with Gasteiger partial charge in [0, 0.05) is 24.7 Å². The van der Waals surface area contributed by atoms with E-state index in [-0.39, 0.29) is 5.41 Å². The first-order valence-electron chi connectivity index (χ1n) is 9.09. The lowest BCUT2D eigenvalue weighted by Crippen LogP contribution is -2.53. The zero-order valence-corrected chi connectivity index (χ0v) is 14.0. The fourth-order valence-electron chi connectivity index (χ4n) is 6.84. The maximum absolute atomic E-state index is 12.5. The third kappa shape index (κ3) is 1.73. The van der Waals surface area contributed by atoms with Crippen LogP contribution in [0.3, 0.4) is 0 Å². The van der Waals surface area contributed by atoms with E-state index >= 15 is 0 Å². The molecule has 4 saturated carbocycles. The topological polar surface area (TPSA) is 34.1 Å². The summed E-state index contributed by atoms with van der Waals surface area (Å²) in [6.45, 7) is 8.94. The highest BCUT2D eigenvalue weighted by molar-refractivity contribution is 5.91. The second-order valence-corrected chi connectivity index (χ2v) is 8.99. The molecule has 0 spiro atoms. The molecule has 4 rings (SSSR count). The Hall–Kier alpha value is -0.920. The monoisotopic (exact) mass is 300 g/mol. The lowest BCUT2D eigenvalue weighted by atomic mass is 9.45. The third-order valence-corrected chi connectivity index (χ3v) is 8.12. The summed E-state index contributed by atoms with van der Waals surface area (Å²) in [6.07, 6.45) is 7.86. The van der Waals surface area contributed by atoms with E-state index in [0.717, 1.165) is 25.7 Å². The summed E-state index contributed by atoms with van der Waals surface area (Å²) in [7, 11) is 0. The molecule has 2 heteroatoms. The van der Waals surface area contributed by atoms with E-state index in [1.807, 2.05) is 0 Å². The van der Waals surface area contributed by atoms with Crippen LogP contribution in [-0.2, 0) is 9.59 Å². The maximum atomic E-state index is 12.5. The molecular weight excluding hydrogens is 272 g/mol. The first-order chi connectivity index (χ1) is 10.4. The van der Waals surface area contributed by atoms with Gasteiger partial charge >= 0.3 is 0 Å². The van der Waals surface area contributed by atoms with Gasteiger partial charge in [0.1, 0.15) is 11.6 Å². The average molecular weight is 300 g/mol. The molecule has 4 aliphatic carbocycles. The molecule has 0 aromatic rings. The number of rotatable bonds is 0. The number of carbonyl (C=O) groups is 2. The van der Waals surface area contributed by atoms with Gasteiger partial charge in [-0.15, -0.1) is 0 Å². The fraction of sp³-hybridized carbons (Fsp3) is 0.800.